The molecule has 5 rings (SSSR count). The predicted molar refractivity (Wildman–Crippen MR) is 122 cm³/mol. The van der Waals surface area contributed by atoms with Crippen molar-refractivity contribution in [2.75, 3.05) is 17.7 Å². The molecule has 1 aliphatic rings. The Hall–Kier alpha value is -3.44. The molecule has 1 fully saturated rings. The number of nitrogens with zero attached hydrogens (tertiary/aromatic N) is 1. The van der Waals surface area contributed by atoms with E-state index in [4.69, 9.17) is 9.47 Å². The van der Waals surface area contributed by atoms with Gasteiger partial charge in [0.1, 0.15) is 5.75 Å². The summed E-state index contributed by atoms with van der Waals surface area (Å²) in [6, 6.07) is 22.9. The van der Waals surface area contributed by atoms with Gasteiger partial charge in [-0.25, -0.2) is 0 Å². The second kappa shape index (κ2) is 7.43. The Kier molecular flexibility index (Phi) is 4.60. The summed E-state index contributed by atoms with van der Waals surface area (Å²) in [6.07, 6.45) is 2.01. The van der Waals surface area contributed by atoms with Crippen LogP contribution in [0, 0.1) is 13.8 Å². The lowest BCUT2D eigenvalue weighted by Crippen LogP contribution is -2.14. The molecule has 0 amide bonds. The lowest BCUT2D eigenvalue weighted by atomic mass is 10.1. The van der Waals surface area contributed by atoms with Crippen molar-refractivity contribution in [2.45, 2.75) is 26.3 Å². The topological polar surface area (TPSA) is 50.8 Å². The van der Waals surface area contributed by atoms with Gasteiger partial charge in [0.15, 0.2) is 12.5 Å². The van der Waals surface area contributed by atoms with Crippen LogP contribution in [0.25, 0.3) is 16.6 Å². The quantitative estimate of drug-likeness (QED) is 0.423. The van der Waals surface area contributed by atoms with E-state index < -0.39 is 0 Å². The summed E-state index contributed by atoms with van der Waals surface area (Å²) in [4.78, 5) is 0. The average Bonchev–Trinajstić information content (AvgIpc) is 3.40. The van der Waals surface area contributed by atoms with Gasteiger partial charge in [-0.3, -0.25) is 0 Å². The zero-order valence-corrected chi connectivity index (χ0v) is 17.3. The zero-order chi connectivity index (χ0) is 20.7. The second-order valence-corrected chi connectivity index (χ2v) is 7.71. The van der Waals surface area contributed by atoms with Crippen molar-refractivity contribution in [1.82, 2.24) is 4.57 Å². The van der Waals surface area contributed by atoms with Crippen LogP contribution in [0.2, 0.25) is 0 Å². The van der Waals surface area contributed by atoms with E-state index in [0.717, 1.165) is 33.7 Å². The number of rotatable bonds is 6. The van der Waals surface area contributed by atoms with Crippen molar-refractivity contribution in [3.8, 4) is 11.4 Å². The molecule has 30 heavy (non-hydrogen) atoms. The lowest BCUT2D eigenvalue weighted by Gasteiger charge is -2.08. The summed E-state index contributed by atoms with van der Waals surface area (Å²) in [7, 11) is 1.68. The molecule has 152 valence electrons. The first-order valence-corrected chi connectivity index (χ1v) is 10.1. The molecule has 3 aromatic carbocycles. The molecule has 2 heterocycles. The number of hydrogen-bond donors (Lipinski definition) is 2. The highest BCUT2D eigenvalue weighted by Gasteiger charge is 2.39. The highest BCUT2D eigenvalue weighted by atomic mass is 16.6. The number of anilines is 2. The highest BCUT2D eigenvalue weighted by molar-refractivity contribution is 5.94. The molecule has 0 saturated carbocycles. The summed E-state index contributed by atoms with van der Waals surface area (Å²) < 4.78 is 13.3. The zero-order valence-electron chi connectivity index (χ0n) is 17.3. The van der Waals surface area contributed by atoms with Gasteiger partial charge in [0.25, 0.3) is 0 Å². The molecule has 1 saturated heterocycles. The standard InChI is InChI=1S/C25H25N3O2/c1-16-8-9-17(2)21(14-16)26-24-25(30-24)27-22-15-28(23-7-5-4-6-20(22)23)18-10-12-19(29-3)13-11-18/h4-15,24-27H,1-3H3. The van der Waals surface area contributed by atoms with Crippen molar-refractivity contribution in [3.63, 3.8) is 0 Å². The van der Waals surface area contributed by atoms with Crippen molar-refractivity contribution < 1.29 is 9.47 Å². The lowest BCUT2D eigenvalue weighted by molar-refractivity contribution is 0.395. The van der Waals surface area contributed by atoms with Gasteiger partial charge in [0, 0.05) is 23.0 Å². The number of nitrogens with one attached hydrogen (secondary N) is 2. The Morgan fingerprint density at radius 1 is 0.867 bits per heavy atom. The maximum atomic E-state index is 5.87. The van der Waals surface area contributed by atoms with Gasteiger partial charge in [-0.15, -0.1) is 0 Å². The molecule has 5 heteroatoms. The number of para-hydroxylation sites is 1. The number of hydrogen-bond acceptors (Lipinski definition) is 4. The Morgan fingerprint density at radius 3 is 2.37 bits per heavy atom. The van der Waals surface area contributed by atoms with Crippen LogP contribution in [0.4, 0.5) is 11.4 Å². The fourth-order valence-corrected chi connectivity index (χ4v) is 3.78. The Balaban J connectivity index is 1.38. The molecule has 2 unspecified atom stereocenters. The highest BCUT2D eigenvalue weighted by Crippen LogP contribution is 2.34. The fourth-order valence-electron chi connectivity index (χ4n) is 3.78. The molecular formula is C25H25N3O2. The Morgan fingerprint density at radius 2 is 1.60 bits per heavy atom. The average molecular weight is 399 g/mol. The van der Waals surface area contributed by atoms with Gasteiger partial charge >= 0.3 is 0 Å². The molecule has 4 aromatic rings. The molecule has 0 aliphatic carbocycles. The van der Waals surface area contributed by atoms with E-state index in [2.05, 4.69) is 89.8 Å². The van der Waals surface area contributed by atoms with Gasteiger partial charge in [-0.2, -0.15) is 0 Å². The van der Waals surface area contributed by atoms with E-state index in [-0.39, 0.29) is 12.5 Å². The first kappa shape index (κ1) is 18.6. The van der Waals surface area contributed by atoms with Crippen molar-refractivity contribution >= 4 is 22.3 Å². The van der Waals surface area contributed by atoms with Crippen molar-refractivity contribution in [2.24, 2.45) is 0 Å². The van der Waals surface area contributed by atoms with Crippen molar-refractivity contribution in [3.05, 3.63) is 84.1 Å². The first-order chi connectivity index (χ1) is 14.6. The summed E-state index contributed by atoms with van der Waals surface area (Å²) in [5.41, 5.74) is 6.84. The molecule has 1 aliphatic heterocycles. The number of ether oxygens (including phenoxy) is 2. The monoisotopic (exact) mass is 399 g/mol. The third kappa shape index (κ3) is 3.48. The van der Waals surface area contributed by atoms with Gasteiger partial charge in [-0.1, -0.05) is 30.3 Å². The SMILES string of the molecule is COc1ccc(-n2cc(NC3OC3Nc3cc(C)ccc3C)c3ccccc32)cc1. The second-order valence-electron chi connectivity index (χ2n) is 7.71. The van der Waals surface area contributed by atoms with Crippen molar-refractivity contribution in [1.29, 1.82) is 0 Å². The van der Waals surface area contributed by atoms with Crippen LogP contribution in [0.15, 0.2) is 72.9 Å². The number of aryl methyl sites for hydroxylation is 2. The van der Waals surface area contributed by atoms with Crippen LogP contribution >= 0.6 is 0 Å². The van der Waals surface area contributed by atoms with Crippen LogP contribution in [0.3, 0.4) is 0 Å². The normalized spacial score (nSPS) is 17.7. The molecule has 0 bridgehead atoms. The molecule has 2 atom stereocenters. The molecule has 2 N–H and O–H groups in total. The smallest absolute Gasteiger partial charge is 0.175 e. The van der Waals surface area contributed by atoms with Crippen LogP contribution in [-0.4, -0.2) is 24.1 Å². The van der Waals surface area contributed by atoms with E-state index in [1.807, 2.05) is 12.1 Å². The Labute approximate surface area is 176 Å². The summed E-state index contributed by atoms with van der Waals surface area (Å²) >= 11 is 0. The molecule has 1 aromatic heterocycles. The third-order valence-electron chi connectivity index (χ3n) is 5.54. The largest absolute Gasteiger partial charge is 0.497 e. The number of fused-ring (bicyclic) bond motifs is 1. The van der Waals surface area contributed by atoms with Gasteiger partial charge in [-0.05, 0) is 61.4 Å². The van der Waals surface area contributed by atoms with Crippen LogP contribution in [-0.2, 0) is 4.74 Å². The maximum absolute atomic E-state index is 5.87. The third-order valence-corrected chi connectivity index (χ3v) is 5.54. The fraction of sp³-hybridized carbons (Fsp3) is 0.200. The van der Waals surface area contributed by atoms with Gasteiger partial charge in [0.05, 0.1) is 18.3 Å². The molecular weight excluding hydrogens is 374 g/mol. The van der Waals surface area contributed by atoms with E-state index >= 15 is 0 Å². The summed E-state index contributed by atoms with van der Waals surface area (Å²) in [6.45, 7) is 4.21. The maximum Gasteiger partial charge on any atom is 0.175 e. The van der Waals surface area contributed by atoms with Crippen LogP contribution < -0.4 is 15.4 Å². The Bertz CT molecular complexity index is 1200. The number of methoxy groups -OCH3 is 1. The minimum Gasteiger partial charge on any atom is -0.497 e. The summed E-state index contributed by atoms with van der Waals surface area (Å²) in [5, 5.41) is 8.20. The molecule has 0 spiro atoms. The van der Waals surface area contributed by atoms with E-state index in [1.165, 1.54) is 11.1 Å². The van der Waals surface area contributed by atoms with E-state index in [0.29, 0.717) is 0 Å². The van der Waals surface area contributed by atoms with Crippen LogP contribution in [0.5, 0.6) is 5.75 Å². The first-order valence-electron chi connectivity index (χ1n) is 10.1. The van der Waals surface area contributed by atoms with E-state index in [9.17, 15) is 0 Å². The number of benzene rings is 3. The predicted octanol–water partition coefficient (Wildman–Crippen LogP) is 5.46. The number of aromatic nitrogens is 1. The number of epoxide rings is 1. The molecule has 5 nitrogen and oxygen atoms in total. The van der Waals surface area contributed by atoms with Gasteiger partial charge < -0.3 is 24.7 Å². The minimum atomic E-state index is -0.0694. The minimum absolute atomic E-state index is 0.0476. The van der Waals surface area contributed by atoms with Gasteiger partial charge in [0.2, 0.25) is 0 Å². The van der Waals surface area contributed by atoms with Crippen LogP contribution in [0.1, 0.15) is 11.1 Å². The molecule has 0 radical (unpaired) electrons. The van der Waals surface area contributed by atoms with E-state index in [1.54, 1.807) is 7.11 Å². The summed E-state index contributed by atoms with van der Waals surface area (Å²) in [5.74, 6) is 0.847.